The first-order valence-electron chi connectivity index (χ1n) is 5.28. The van der Waals surface area contributed by atoms with Gasteiger partial charge in [0.2, 0.25) is 0 Å². The first-order chi connectivity index (χ1) is 7.81. The number of imidazole rings is 1. The molecule has 0 unspecified atom stereocenters. The Hall–Kier alpha value is -1.61. The van der Waals surface area contributed by atoms with Gasteiger partial charge < -0.3 is 4.40 Å². The Morgan fingerprint density at radius 3 is 3.00 bits per heavy atom. The third kappa shape index (κ3) is 1.74. The topological polar surface area (TPSA) is 17.3 Å². The van der Waals surface area contributed by atoms with E-state index < -0.39 is 0 Å². The van der Waals surface area contributed by atoms with Crippen LogP contribution in [0.4, 0.5) is 0 Å². The molecule has 0 spiro atoms. The number of rotatable bonds is 2. The number of nitrogens with zero attached hydrogens (tertiary/aromatic N) is 2. The Balaban J connectivity index is 1.99. The highest BCUT2D eigenvalue weighted by Crippen LogP contribution is 2.15. The molecular formula is C13H12N2S. The molecule has 0 aliphatic carbocycles. The van der Waals surface area contributed by atoms with Gasteiger partial charge in [-0.25, -0.2) is 4.98 Å². The third-order valence-electron chi connectivity index (χ3n) is 2.58. The van der Waals surface area contributed by atoms with Crippen molar-refractivity contribution >= 4 is 17.0 Å². The highest BCUT2D eigenvalue weighted by Gasteiger charge is 2.03. The lowest BCUT2D eigenvalue weighted by atomic mass is 10.3. The summed E-state index contributed by atoms with van der Waals surface area (Å²) >= 11 is 1.78. The largest absolute Gasteiger partial charge is 0.307 e. The first-order valence-corrected chi connectivity index (χ1v) is 6.16. The Morgan fingerprint density at radius 2 is 2.19 bits per heavy atom. The SMILES string of the molecule is Cc1ccc2nc(Cc3cccs3)cn2c1. The second-order valence-corrected chi connectivity index (χ2v) is 4.99. The lowest BCUT2D eigenvalue weighted by Gasteiger charge is -1.93. The minimum absolute atomic E-state index is 0.929. The van der Waals surface area contributed by atoms with Gasteiger partial charge in [0.15, 0.2) is 0 Å². The molecule has 0 aromatic carbocycles. The van der Waals surface area contributed by atoms with Crippen LogP contribution in [-0.4, -0.2) is 9.38 Å². The lowest BCUT2D eigenvalue weighted by Crippen LogP contribution is -1.82. The molecule has 3 aromatic rings. The maximum atomic E-state index is 4.60. The molecule has 80 valence electrons. The smallest absolute Gasteiger partial charge is 0.137 e. The minimum Gasteiger partial charge on any atom is -0.307 e. The number of fused-ring (bicyclic) bond motifs is 1. The molecule has 0 radical (unpaired) electrons. The molecule has 0 atom stereocenters. The molecule has 16 heavy (non-hydrogen) atoms. The maximum Gasteiger partial charge on any atom is 0.137 e. The Bertz CT molecular complexity index is 608. The highest BCUT2D eigenvalue weighted by molar-refractivity contribution is 7.09. The summed E-state index contributed by atoms with van der Waals surface area (Å²) in [4.78, 5) is 5.96. The molecule has 3 heterocycles. The van der Waals surface area contributed by atoms with Crippen molar-refractivity contribution in [3.8, 4) is 0 Å². The second-order valence-electron chi connectivity index (χ2n) is 3.96. The number of hydrogen-bond donors (Lipinski definition) is 0. The van der Waals surface area contributed by atoms with Crippen molar-refractivity contribution in [1.29, 1.82) is 0 Å². The summed E-state index contributed by atoms with van der Waals surface area (Å²) in [6, 6.07) is 8.39. The van der Waals surface area contributed by atoms with Crippen LogP contribution in [0, 0.1) is 6.92 Å². The van der Waals surface area contributed by atoms with Crippen molar-refractivity contribution in [3.63, 3.8) is 0 Å². The van der Waals surface area contributed by atoms with Crippen LogP contribution in [0.2, 0.25) is 0 Å². The van der Waals surface area contributed by atoms with Gasteiger partial charge in [-0.3, -0.25) is 0 Å². The van der Waals surface area contributed by atoms with Crippen LogP contribution in [0.1, 0.15) is 16.1 Å². The van der Waals surface area contributed by atoms with Crippen LogP contribution >= 0.6 is 11.3 Å². The Morgan fingerprint density at radius 1 is 1.25 bits per heavy atom. The van der Waals surface area contributed by atoms with E-state index in [9.17, 15) is 0 Å². The summed E-state index contributed by atoms with van der Waals surface area (Å²) < 4.78 is 2.10. The zero-order valence-electron chi connectivity index (χ0n) is 9.05. The van der Waals surface area contributed by atoms with Crippen molar-refractivity contribution < 1.29 is 0 Å². The summed E-state index contributed by atoms with van der Waals surface area (Å²) in [5, 5.41) is 2.11. The predicted molar refractivity (Wildman–Crippen MR) is 67.1 cm³/mol. The van der Waals surface area contributed by atoms with Gasteiger partial charge in [-0.05, 0) is 30.0 Å². The summed E-state index contributed by atoms with van der Waals surface area (Å²) in [7, 11) is 0. The van der Waals surface area contributed by atoms with E-state index in [4.69, 9.17) is 0 Å². The fourth-order valence-electron chi connectivity index (χ4n) is 1.83. The molecular weight excluding hydrogens is 216 g/mol. The van der Waals surface area contributed by atoms with E-state index >= 15 is 0 Å². The first kappa shape index (κ1) is 9.60. The van der Waals surface area contributed by atoms with Gasteiger partial charge in [0.05, 0.1) is 5.69 Å². The zero-order valence-corrected chi connectivity index (χ0v) is 9.87. The van der Waals surface area contributed by atoms with E-state index in [-0.39, 0.29) is 0 Å². The van der Waals surface area contributed by atoms with E-state index in [0.29, 0.717) is 0 Å². The minimum atomic E-state index is 0.929. The highest BCUT2D eigenvalue weighted by atomic mass is 32.1. The summed E-state index contributed by atoms with van der Waals surface area (Å²) in [5.41, 5.74) is 3.41. The number of aromatic nitrogens is 2. The van der Waals surface area contributed by atoms with E-state index in [2.05, 4.69) is 58.3 Å². The van der Waals surface area contributed by atoms with E-state index in [1.165, 1.54) is 10.4 Å². The quantitative estimate of drug-likeness (QED) is 0.658. The molecule has 0 fully saturated rings. The lowest BCUT2D eigenvalue weighted by molar-refractivity contribution is 1.13. The summed E-state index contributed by atoms with van der Waals surface area (Å²) in [5.74, 6) is 0. The zero-order chi connectivity index (χ0) is 11.0. The van der Waals surface area contributed by atoms with Gasteiger partial charge in [-0.2, -0.15) is 0 Å². The molecule has 0 N–H and O–H groups in total. The summed E-state index contributed by atoms with van der Waals surface area (Å²) in [6.45, 7) is 2.10. The fraction of sp³-hybridized carbons (Fsp3) is 0.154. The van der Waals surface area contributed by atoms with Crippen molar-refractivity contribution in [2.45, 2.75) is 13.3 Å². The normalized spacial score (nSPS) is 11.1. The Kier molecular flexibility index (Phi) is 2.26. The average molecular weight is 228 g/mol. The van der Waals surface area contributed by atoms with Gasteiger partial charge in [0.25, 0.3) is 0 Å². The van der Waals surface area contributed by atoms with Gasteiger partial charge in [-0.15, -0.1) is 11.3 Å². The van der Waals surface area contributed by atoms with Crippen molar-refractivity contribution in [1.82, 2.24) is 9.38 Å². The molecule has 0 bridgehead atoms. The standard InChI is InChI=1S/C13H12N2S/c1-10-4-5-13-14-11(9-15(13)8-10)7-12-3-2-6-16-12/h2-6,8-9H,7H2,1H3. The van der Waals surface area contributed by atoms with Gasteiger partial charge in [0, 0.05) is 23.7 Å². The molecule has 0 saturated heterocycles. The Labute approximate surface area is 98.2 Å². The third-order valence-corrected chi connectivity index (χ3v) is 3.46. The number of pyridine rings is 1. The van der Waals surface area contributed by atoms with Crippen LogP contribution < -0.4 is 0 Å². The molecule has 0 amide bonds. The van der Waals surface area contributed by atoms with E-state index in [1.807, 2.05) is 0 Å². The second kappa shape index (κ2) is 3.76. The van der Waals surface area contributed by atoms with Crippen LogP contribution in [-0.2, 0) is 6.42 Å². The monoisotopic (exact) mass is 228 g/mol. The van der Waals surface area contributed by atoms with Crippen LogP contribution in [0.25, 0.3) is 5.65 Å². The average Bonchev–Trinajstić information content (AvgIpc) is 2.86. The molecule has 0 aliphatic rings. The molecule has 0 aliphatic heterocycles. The van der Waals surface area contributed by atoms with Crippen LogP contribution in [0.15, 0.2) is 42.0 Å². The van der Waals surface area contributed by atoms with Gasteiger partial charge in [0.1, 0.15) is 5.65 Å². The molecule has 0 saturated carbocycles. The van der Waals surface area contributed by atoms with Crippen LogP contribution in [0.3, 0.4) is 0 Å². The molecule has 3 rings (SSSR count). The number of aryl methyl sites for hydroxylation is 1. The van der Waals surface area contributed by atoms with Gasteiger partial charge >= 0.3 is 0 Å². The van der Waals surface area contributed by atoms with Crippen LogP contribution in [0.5, 0.6) is 0 Å². The molecule has 3 heteroatoms. The van der Waals surface area contributed by atoms with Crippen molar-refractivity contribution in [2.75, 3.05) is 0 Å². The molecule has 2 nitrogen and oxygen atoms in total. The predicted octanol–water partition coefficient (Wildman–Crippen LogP) is 3.30. The number of hydrogen-bond acceptors (Lipinski definition) is 2. The van der Waals surface area contributed by atoms with E-state index in [1.54, 1.807) is 11.3 Å². The maximum absolute atomic E-state index is 4.60. The van der Waals surface area contributed by atoms with Crippen molar-refractivity contribution in [2.24, 2.45) is 0 Å². The molecule has 3 aromatic heterocycles. The van der Waals surface area contributed by atoms with Gasteiger partial charge in [-0.1, -0.05) is 12.1 Å². The fourth-order valence-corrected chi connectivity index (χ4v) is 2.55. The summed E-state index contributed by atoms with van der Waals surface area (Å²) in [6.07, 6.45) is 5.15. The van der Waals surface area contributed by atoms with Crippen molar-refractivity contribution in [3.05, 3.63) is 58.2 Å². The van der Waals surface area contributed by atoms with E-state index in [0.717, 1.165) is 17.8 Å². The number of thiophene rings is 1.